The summed E-state index contributed by atoms with van der Waals surface area (Å²) < 4.78 is 36.3. The Balaban J connectivity index is 1.73. The number of fused-ring (bicyclic) bond motifs is 1. The van der Waals surface area contributed by atoms with E-state index in [2.05, 4.69) is 5.32 Å². The molecule has 0 aliphatic rings. The van der Waals surface area contributed by atoms with Crippen LogP contribution in [0.4, 0.5) is 0 Å². The first-order valence-corrected chi connectivity index (χ1v) is 10.1. The first kappa shape index (κ1) is 17.6. The highest BCUT2D eigenvalue weighted by atomic mass is 32.2. The second-order valence-electron chi connectivity index (χ2n) is 5.53. The molecule has 3 rings (SSSR count). The number of rotatable bonds is 7. The lowest BCUT2D eigenvalue weighted by molar-refractivity contribution is -0.506. The molecular weight excluding hydrogens is 362 g/mol. The Hall–Kier alpha value is -2.23. The zero-order valence-electron chi connectivity index (χ0n) is 13.3. The molecule has 0 unspecified atom stereocenters. The summed E-state index contributed by atoms with van der Waals surface area (Å²) in [6.07, 6.45) is 4.01. The summed E-state index contributed by atoms with van der Waals surface area (Å²) in [6.45, 7) is 0.710. The molecule has 1 amide bonds. The van der Waals surface area contributed by atoms with Gasteiger partial charge in [-0.2, -0.15) is 4.40 Å². The van der Waals surface area contributed by atoms with E-state index >= 15 is 0 Å². The van der Waals surface area contributed by atoms with Crippen LogP contribution < -0.4 is 9.72 Å². The maximum Gasteiger partial charge on any atom is 0.345 e. The number of nitrogens with zero attached hydrogens (tertiary/aromatic N) is 2. The molecule has 0 saturated heterocycles. The molecule has 0 aliphatic carbocycles. The van der Waals surface area contributed by atoms with Crippen LogP contribution in [0.2, 0.25) is 0 Å². The number of imidazole rings is 1. The van der Waals surface area contributed by atoms with E-state index in [4.69, 9.17) is 0 Å². The zero-order valence-corrected chi connectivity index (χ0v) is 14.9. The zero-order chi connectivity index (χ0) is 17.9. The van der Waals surface area contributed by atoms with Gasteiger partial charge in [0.2, 0.25) is 0 Å². The Morgan fingerprint density at radius 2 is 2.04 bits per heavy atom. The molecule has 1 aromatic carbocycles. The van der Waals surface area contributed by atoms with E-state index in [1.165, 1.54) is 11.3 Å². The minimum absolute atomic E-state index is 0.177. The highest BCUT2D eigenvalue weighted by Crippen LogP contribution is 2.13. The molecule has 25 heavy (non-hydrogen) atoms. The Morgan fingerprint density at radius 3 is 2.76 bits per heavy atom. The average Bonchev–Trinajstić information content (AvgIpc) is 3.14. The van der Waals surface area contributed by atoms with Crippen LogP contribution in [0.3, 0.4) is 0 Å². The fourth-order valence-electron chi connectivity index (χ4n) is 2.58. The number of thiazole rings is 1. The average molecular weight is 379 g/mol. The van der Waals surface area contributed by atoms with Gasteiger partial charge in [0.05, 0.1) is 23.2 Å². The Morgan fingerprint density at radius 1 is 1.28 bits per heavy atom. The Bertz CT molecular complexity index is 977. The highest BCUT2D eigenvalue weighted by molar-refractivity contribution is 7.85. The predicted octanol–water partition coefficient (Wildman–Crippen LogP) is 1.15. The van der Waals surface area contributed by atoms with E-state index < -0.39 is 15.9 Å². The van der Waals surface area contributed by atoms with Crippen molar-refractivity contribution in [1.82, 2.24) is 9.88 Å². The summed E-state index contributed by atoms with van der Waals surface area (Å²) in [7, 11) is -4.23. The Kier molecular flexibility index (Phi) is 5.16. The summed E-state index contributed by atoms with van der Waals surface area (Å²) >= 11 is 1.51. The van der Waals surface area contributed by atoms with Crippen molar-refractivity contribution in [2.45, 2.75) is 19.5 Å². The smallest absolute Gasteiger partial charge is 0.345 e. The number of carbonyl (C=O) groups excluding carboxylic acids is 1. The molecule has 0 atom stereocenters. The number of hydrogen-bond acceptors (Lipinski definition) is 5. The van der Waals surface area contributed by atoms with Crippen molar-refractivity contribution in [1.29, 1.82) is 0 Å². The van der Waals surface area contributed by atoms with Crippen molar-refractivity contribution in [2.75, 3.05) is 5.75 Å². The molecule has 0 aliphatic heterocycles. The number of aryl methyl sites for hydroxylation is 1. The van der Waals surface area contributed by atoms with Gasteiger partial charge in [-0.1, -0.05) is 29.5 Å². The number of nitrogens with one attached hydrogen (secondary N) is 1. The van der Waals surface area contributed by atoms with Gasteiger partial charge in [-0.3, -0.25) is 4.79 Å². The summed E-state index contributed by atoms with van der Waals surface area (Å²) in [5.74, 6) is -0.581. The maximum atomic E-state index is 12.2. The molecule has 0 bridgehead atoms. The van der Waals surface area contributed by atoms with Crippen molar-refractivity contribution in [3.05, 3.63) is 59.4 Å². The van der Waals surface area contributed by atoms with Gasteiger partial charge in [-0.25, -0.2) is 13.0 Å². The summed E-state index contributed by atoms with van der Waals surface area (Å²) in [5, 5.41) is 4.78. The van der Waals surface area contributed by atoms with Crippen LogP contribution in [0.1, 0.15) is 22.5 Å². The third-order valence-corrected chi connectivity index (χ3v) is 5.41. The largest absolute Gasteiger partial charge is 0.748 e. The Labute approximate surface area is 149 Å². The lowest BCUT2D eigenvalue weighted by Gasteiger charge is -2.07. The quantitative estimate of drug-likeness (QED) is 0.492. The number of amides is 1. The molecule has 0 spiro atoms. The van der Waals surface area contributed by atoms with Crippen molar-refractivity contribution in [3.63, 3.8) is 0 Å². The van der Waals surface area contributed by atoms with Gasteiger partial charge in [0.25, 0.3) is 5.91 Å². The SMILES string of the molecule is O=C(NCc1c[n+]2ccsc2n1CCCS(=O)(=O)[O-])c1ccccc1. The summed E-state index contributed by atoms with van der Waals surface area (Å²) in [6, 6.07) is 8.91. The van der Waals surface area contributed by atoms with Gasteiger partial charge >= 0.3 is 4.96 Å². The topological polar surface area (TPSA) is 95.3 Å². The van der Waals surface area contributed by atoms with Crippen molar-refractivity contribution in [3.8, 4) is 0 Å². The molecule has 0 fully saturated rings. The summed E-state index contributed by atoms with van der Waals surface area (Å²) in [4.78, 5) is 13.1. The standard InChI is InChI=1S/C16H17N3O4S2/c20-15(13-5-2-1-3-6-13)17-11-14-12-18-8-9-24-16(18)19(14)7-4-10-25(21,22)23/h1-3,5-6,8-9,12H,4,7,10-11H2,(H-,17,20,21,22,23). The molecular formula is C16H17N3O4S2. The molecule has 0 saturated carbocycles. The van der Waals surface area contributed by atoms with Crippen LogP contribution in [0, 0.1) is 0 Å². The van der Waals surface area contributed by atoms with Gasteiger partial charge in [0.15, 0.2) is 5.69 Å². The van der Waals surface area contributed by atoms with E-state index in [9.17, 15) is 17.8 Å². The van der Waals surface area contributed by atoms with Crippen LogP contribution in [-0.4, -0.2) is 29.2 Å². The first-order valence-electron chi connectivity index (χ1n) is 7.68. The minimum Gasteiger partial charge on any atom is -0.748 e. The lowest BCUT2D eigenvalue weighted by atomic mass is 10.2. The molecule has 2 heterocycles. The van der Waals surface area contributed by atoms with E-state index in [1.807, 2.05) is 32.8 Å². The molecule has 1 N–H and O–H groups in total. The molecule has 9 heteroatoms. The molecule has 2 aromatic heterocycles. The van der Waals surface area contributed by atoms with Crippen molar-refractivity contribution >= 4 is 32.3 Å². The van der Waals surface area contributed by atoms with Crippen molar-refractivity contribution < 1.29 is 22.2 Å². The van der Waals surface area contributed by atoms with E-state index in [0.717, 1.165) is 10.7 Å². The monoisotopic (exact) mass is 379 g/mol. The summed E-state index contributed by atoms with van der Waals surface area (Å²) in [5.41, 5.74) is 1.42. The number of aromatic nitrogens is 2. The third kappa shape index (κ3) is 4.44. The van der Waals surface area contributed by atoms with Crippen LogP contribution >= 0.6 is 11.3 Å². The predicted molar refractivity (Wildman–Crippen MR) is 92.3 cm³/mol. The highest BCUT2D eigenvalue weighted by Gasteiger charge is 2.19. The lowest BCUT2D eigenvalue weighted by Crippen LogP contribution is -2.24. The van der Waals surface area contributed by atoms with E-state index in [-0.39, 0.29) is 12.3 Å². The van der Waals surface area contributed by atoms with E-state index in [0.29, 0.717) is 18.7 Å². The number of carbonyl (C=O) groups is 1. The van der Waals surface area contributed by atoms with Crippen LogP contribution in [-0.2, 0) is 23.2 Å². The molecule has 0 radical (unpaired) electrons. The second-order valence-corrected chi connectivity index (χ2v) is 7.93. The molecule has 7 nitrogen and oxygen atoms in total. The van der Waals surface area contributed by atoms with Gasteiger partial charge in [-0.05, 0) is 18.6 Å². The first-order chi connectivity index (χ1) is 11.9. The minimum atomic E-state index is -4.23. The van der Waals surface area contributed by atoms with E-state index in [1.54, 1.807) is 24.3 Å². The second kappa shape index (κ2) is 7.34. The molecule has 132 valence electrons. The maximum absolute atomic E-state index is 12.2. The normalized spacial score (nSPS) is 11.7. The fourth-order valence-corrected chi connectivity index (χ4v) is 3.95. The van der Waals surface area contributed by atoms with Crippen LogP contribution in [0.5, 0.6) is 0 Å². The third-order valence-electron chi connectivity index (χ3n) is 3.72. The fraction of sp³-hybridized carbons (Fsp3) is 0.250. The van der Waals surface area contributed by atoms with Gasteiger partial charge in [-0.15, -0.1) is 0 Å². The van der Waals surface area contributed by atoms with Crippen molar-refractivity contribution in [2.24, 2.45) is 0 Å². The van der Waals surface area contributed by atoms with Gasteiger partial charge in [0, 0.05) is 16.7 Å². The number of benzene rings is 1. The van der Waals surface area contributed by atoms with Crippen LogP contribution in [0.15, 0.2) is 48.1 Å². The van der Waals surface area contributed by atoms with Crippen LogP contribution in [0.25, 0.3) is 4.96 Å². The number of hydrogen-bond donors (Lipinski definition) is 1. The molecule has 3 aromatic rings. The van der Waals surface area contributed by atoms with Gasteiger partial charge in [0.1, 0.15) is 12.4 Å². The van der Waals surface area contributed by atoms with Gasteiger partial charge < -0.3 is 9.87 Å².